The Bertz CT molecular complexity index is 1360. The van der Waals surface area contributed by atoms with Crippen LogP contribution in [0.15, 0.2) is 48.8 Å². The number of carbonyl (C=O) groups is 2. The molecule has 1 aromatic heterocycles. The van der Waals surface area contributed by atoms with Gasteiger partial charge in [0.1, 0.15) is 6.04 Å². The second kappa shape index (κ2) is 12.3. The molecule has 2 fully saturated rings. The van der Waals surface area contributed by atoms with Crippen LogP contribution in [0.1, 0.15) is 64.0 Å². The molecule has 1 N–H and O–H groups in total. The first kappa shape index (κ1) is 33.1. The molecule has 0 bridgehead atoms. The largest absolute Gasteiger partial charge is 0.425 e. The van der Waals surface area contributed by atoms with Crippen LogP contribution in [-0.2, 0) is 25.3 Å². The van der Waals surface area contributed by atoms with Crippen LogP contribution in [-0.4, -0.2) is 65.6 Å². The third-order valence-corrected chi connectivity index (χ3v) is 8.43. The molecule has 1 aliphatic heterocycles. The second-order valence-electron chi connectivity index (χ2n) is 12.4. The number of likely N-dealkylation sites (tertiary alicyclic amines) is 1. The van der Waals surface area contributed by atoms with Crippen molar-refractivity contribution < 1.29 is 36.3 Å². The standard InChI is InChI=1S/C31H36F5N5O3/c1-28(2,3)20-7-9-23(10-8-20)41(26(42)25-16-24(44-4)18-40(25)19-37)30(31(34,35)36,21-6-5-15-38-17-21)27(43)39-22-11-13-29(32,33)14-12-22/h5-10,15,17,22,24-25H,11-14,16,18H2,1-4H3,(H,39,43)/t24-,25-,30?/m1/s1. The summed E-state index contributed by atoms with van der Waals surface area (Å²) in [5.74, 6) is -5.74. The zero-order valence-corrected chi connectivity index (χ0v) is 25.0. The van der Waals surface area contributed by atoms with Crippen molar-refractivity contribution in [1.82, 2.24) is 15.2 Å². The summed E-state index contributed by atoms with van der Waals surface area (Å²) in [6.45, 7) is 5.70. The minimum absolute atomic E-state index is 0.0331. The van der Waals surface area contributed by atoms with Crippen LogP contribution >= 0.6 is 0 Å². The zero-order chi connectivity index (χ0) is 32.5. The number of nitriles is 1. The van der Waals surface area contributed by atoms with E-state index in [4.69, 9.17) is 4.74 Å². The van der Waals surface area contributed by atoms with Crippen molar-refractivity contribution in [2.24, 2.45) is 0 Å². The van der Waals surface area contributed by atoms with E-state index < -0.39 is 66.0 Å². The van der Waals surface area contributed by atoms with Gasteiger partial charge in [0.15, 0.2) is 6.19 Å². The molecular formula is C31H36F5N5O3. The molecule has 2 amide bonds. The van der Waals surface area contributed by atoms with E-state index in [1.165, 1.54) is 31.5 Å². The van der Waals surface area contributed by atoms with Crippen LogP contribution < -0.4 is 10.2 Å². The van der Waals surface area contributed by atoms with Gasteiger partial charge in [-0.1, -0.05) is 39.0 Å². The number of amides is 2. The Hall–Kier alpha value is -3.79. The number of alkyl halides is 5. The number of anilines is 1. The molecule has 44 heavy (non-hydrogen) atoms. The van der Waals surface area contributed by atoms with Crippen LogP contribution in [0.2, 0.25) is 0 Å². The van der Waals surface area contributed by atoms with E-state index in [9.17, 15) is 23.6 Å². The molecule has 2 aliphatic rings. The number of aromatic nitrogens is 1. The quantitative estimate of drug-likeness (QED) is 0.327. The Labute approximate surface area is 253 Å². The van der Waals surface area contributed by atoms with Gasteiger partial charge in [-0.2, -0.15) is 18.4 Å². The first-order valence-electron chi connectivity index (χ1n) is 14.3. The van der Waals surface area contributed by atoms with Gasteiger partial charge in [-0.3, -0.25) is 24.4 Å². The maximum absolute atomic E-state index is 15.9. The average Bonchev–Trinajstić information content (AvgIpc) is 3.40. The number of nitrogens with zero attached hydrogens (tertiary/aromatic N) is 4. The molecule has 8 nitrogen and oxygen atoms in total. The third kappa shape index (κ3) is 6.36. The lowest BCUT2D eigenvalue weighted by Crippen LogP contribution is -2.69. The van der Waals surface area contributed by atoms with E-state index in [1.807, 2.05) is 27.0 Å². The number of pyridine rings is 1. The molecule has 1 saturated heterocycles. The second-order valence-corrected chi connectivity index (χ2v) is 12.4. The van der Waals surface area contributed by atoms with Crippen molar-refractivity contribution in [2.75, 3.05) is 18.6 Å². The van der Waals surface area contributed by atoms with Crippen molar-refractivity contribution >= 4 is 17.5 Å². The van der Waals surface area contributed by atoms with Gasteiger partial charge in [0.2, 0.25) is 11.5 Å². The van der Waals surface area contributed by atoms with Crippen LogP contribution in [0.4, 0.5) is 27.6 Å². The van der Waals surface area contributed by atoms with E-state index in [-0.39, 0.29) is 36.9 Å². The van der Waals surface area contributed by atoms with Crippen molar-refractivity contribution in [1.29, 1.82) is 5.26 Å². The number of benzene rings is 1. The van der Waals surface area contributed by atoms with Crippen LogP contribution in [0, 0.1) is 11.5 Å². The molecule has 2 heterocycles. The molecule has 4 rings (SSSR count). The van der Waals surface area contributed by atoms with Gasteiger partial charge in [-0.25, -0.2) is 8.78 Å². The van der Waals surface area contributed by atoms with Crippen LogP contribution in [0.3, 0.4) is 0 Å². The van der Waals surface area contributed by atoms with Gasteiger partial charge in [0.25, 0.3) is 11.8 Å². The van der Waals surface area contributed by atoms with Gasteiger partial charge < -0.3 is 10.1 Å². The number of ether oxygens (including phenoxy) is 1. The number of rotatable bonds is 7. The van der Waals surface area contributed by atoms with Crippen LogP contribution in [0.5, 0.6) is 0 Å². The summed E-state index contributed by atoms with van der Waals surface area (Å²) in [5.41, 5.74) is -4.18. The van der Waals surface area contributed by atoms with E-state index >= 15 is 13.2 Å². The minimum atomic E-state index is -5.44. The molecule has 2 aromatic rings. The Morgan fingerprint density at radius 2 is 1.73 bits per heavy atom. The van der Waals surface area contributed by atoms with Crippen molar-refractivity contribution in [3.8, 4) is 6.19 Å². The summed E-state index contributed by atoms with van der Waals surface area (Å²) < 4.78 is 80.7. The number of nitrogens with one attached hydrogen (secondary N) is 1. The lowest BCUT2D eigenvalue weighted by molar-refractivity contribution is -0.198. The maximum atomic E-state index is 15.9. The summed E-state index contributed by atoms with van der Waals surface area (Å²) in [7, 11) is 1.37. The molecule has 3 atom stereocenters. The average molecular weight is 622 g/mol. The normalized spacial score (nSPS) is 22.1. The summed E-state index contributed by atoms with van der Waals surface area (Å²) in [6.07, 6.45) is -3.88. The Morgan fingerprint density at radius 3 is 2.23 bits per heavy atom. The maximum Gasteiger partial charge on any atom is 0.425 e. The van der Waals surface area contributed by atoms with E-state index in [2.05, 4.69) is 10.3 Å². The monoisotopic (exact) mass is 621 g/mol. The SMILES string of the molecule is CO[C@@H]1C[C@H](C(=O)N(c2ccc(C(C)(C)C)cc2)C(C(=O)NC2CCC(F)(F)CC2)(c2cccnc2)C(F)(F)F)N(C#N)C1. The van der Waals surface area contributed by atoms with Crippen molar-refractivity contribution in [3.05, 3.63) is 59.9 Å². The summed E-state index contributed by atoms with van der Waals surface area (Å²) >= 11 is 0. The number of hydrogen-bond donors (Lipinski definition) is 1. The van der Waals surface area contributed by atoms with E-state index in [0.717, 1.165) is 22.7 Å². The molecule has 13 heteroatoms. The van der Waals surface area contributed by atoms with Crippen molar-refractivity contribution in [2.45, 2.75) is 94.1 Å². The van der Waals surface area contributed by atoms with Gasteiger partial charge in [-0.05, 0) is 42.0 Å². The molecule has 0 radical (unpaired) electrons. The predicted octanol–water partition coefficient (Wildman–Crippen LogP) is 5.43. The summed E-state index contributed by atoms with van der Waals surface area (Å²) in [5, 5.41) is 12.2. The molecule has 1 unspecified atom stereocenters. The van der Waals surface area contributed by atoms with E-state index in [1.54, 1.807) is 12.1 Å². The highest BCUT2D eigenvalue weighted by Gasteiger charge is 2.68. The lowest BCUT2D eigenvalue weighted by atomic mass is 9.83. The third-order valence-electron chi connectivity index (χ3n) is 8.43. The molecular weight excluding hydrogens is 585 g/mol. The van der Waals surface area contributed by atoms with E-state index in [0.29, 0.717) is 4.90 Å². The highest BCUT2D eigenvalue weighted by molar-refractivity contribution is 6.07. The number of halogens is 5. The van der Waals surface area contributed by atoms with Crippen molar-refractivity contribution in [3.63, 3.8) is 0 Å². The topological polar surface area (TPSA) is 98.6 Å². The molecule has 1 saturated carbocycles. The summed E-state index contributed by atoms with van der Waals surface area (Å²) in [6, 6.07) is 5.73. The molecule has 0 spiro atoms. The molecule has 1 aromatic carbocycles. The fourth-order valence-corrected chi connectivity index (χ4v) is 5.89. The Morgan fingerprint density at radius 1 is 1.09 bits per heavy atom. The zero-order valence-electron chi connectivity index (χ0n) is 25.0. The first-order valence-corrected chi connectivity index (χ1v) is 14.3. The van der Waals surface area contributed by atoms with Gasteiger partial charge >= 0.3 is 6.18 Å². The van der Waals surface area contributed by atoms with Gasteiger partial charge in [-0.15, -0.1) is 0 Å². The molecule has 238 valence electrons. The smallest absolute Gasteiger partial charge is 0.379 e. The number of carbonyl (C=O) groups excluding carboxylic acids is 2. The Balaban J connectivity index is 1.95. The predicted molar refractivity (Wildman–Crippen MR) is 151 cm³/mol. The number of hydrogen-bond acceptors (Lipinski definition) is 6. The number of methoxy groups -OCH3 is 1. The highest BCUT2D eigenvalue weighted by Crippen LogP contribution is 2.48. The van der Waals surface area contributed by atoms with Crippen LogP contribution in [0.25, 0.3) is 0 Å². The molecule has 1 aliphatic carbocycles. The van der Waals surface area contributed by atoms with Gasteiger partial charge in [0.05, 0.1) is 12.6 Å². The van der Waals surface area contributed by atoms with Gasteiger partial charge in [0, 0.05) is 56.1 Å². The fraction of sp³-hybridized carbons (Fsp3) is 0.548. The Kier molecular flexibility index (Phi) is 9.26. The first-order chi connectivity index (χ1) is 20.5. The minimum Gasteiger partial charge on any atom is -0.379 e. The highest BCUT2D eigenvalue weighted by atomic mass is 19.4. The summed E-state index contributed by atoms with van der Waals surface area (Å²) in [4.78, 5) is 34.0. The lowest BCUT2D eigenvalue weighted by Gasteiger charge is -2.45. The fourth-order valence-electron chi connectivity index (χ4n) is 5.89.